The fourth-order valence-corrected chi connectivity index (χ4v) is 7.23. The van der Waals surface area contributed by atoms with E-state index in [2.05, 4.69) is 4.98 Å². The monoisotopic (exact) mass is 667 g/mol. The predicted octanol–water partition coefficient (Wildman–Crippen LogP) is 4.57. The molecule has 46 heavy (non-hydrogen) atoms. The van der Waals surface area contributed by atoms with E-state index in [1.54, 1.807) is 36.4 Å². The van der Waals surface area contributed by atoms with E-state index in [4.69, 9.17) is 20.8 Å². The van der Waals surface area contributed by atoms with Crippen LogP contribution in [-0.2, 0) is 19.4 Å². The van der Waals surface area contributed by atoms with Crippen LogP contribution in [0.5, 0.6) is 11.5 Å². The van der Waals surface area contributed by atoms with Gasteiger partial charge in [-0.05, 0) is 57.1 Å². The number of sulfone groups is 1. The first-order valence-electron chi connectivity index (χ1n) is 15.0. The van der Waals surface area contributed by atoms with E-state index in [0.29, 0.717) is 61.6 Å². The lowest BCUT2D eigenvalue weighted by Crippen LogP contribution is -2.45. The zero-order valence-corrected chi connectivity index (χ0v) is 26.9. The van der Waals surface area contributed by atoms with Gasteiger partial charge in [-0.2, -0.15) is 0 Å². The molecule has 2 aromatic heterocycles. The highest BCUT2D eigenvalue weighted by Gasteiger charge is 2.38. The number of phenols is 2. The standard InChI is InChI=1S/C33H34ClN3O8S/c1-36-12-10-22(30-24(38)16-25(39)31-26(40)17-27(44-32(30)31)21-5-3-4-6-23(21)34)28(18-36)45-33(41)19-8-13-37(14-9-19)20-7-11-35-29(15-20)46(2,42)43/h3-7,11,15-17,19,22,28,38-39H,8-10,12-14,18H2,1-2H3/t22-,28+/m0/s1. The molecule has 13 heteroatoms. The Hall–Kier alpha value is -4.13. The van der Waals surface area contributed by atoms with Crippen molar-refractivity contribution in [2.75, 3.05) is 44.4 Å². The van der Waals surface area contributed by atoms with Crippen LogP contribution in [0.25, 0.3) is 22.3 Å². The summed E-state index contributed by atoms with van der Waals surface area (Å²) in [6.45, 7) is 2.08. The van der Waals surface area contributed by atoms with Crippen LogP contribution < -0.4 is 10.3 Å². The minimum absolute atomic E-state index is 0.00109. The number of ether oxygens (including phenoxy) is 1. The van der Waals surface area contributed by atoms with Crippen molar-refractivity contribution in [3.05, 3.63) is 75.5 Å². The molecule has 2 aliphatic rings. The second-order valence-corrected chi connectivity index (χ2v) is 14.4. The summed E-state index contributed by atoms with van der Waals surface area (Å²) in [5.41, 5.74) is 1.02. The summed E-state index contributed by atoms with van der Waals surface area (Å²) in [5, 5.41) is 22.1. The number of benzene rings is 2. The van der Waals surface area contributed by atoms with Gasteiger partial charge in [0.05, 0.1) is 10.9 Å². The van der Waals surface area contributed by atoms with Crippen LogP contribution in [-0.4, -0.2) is 80.1 Å². The Morgan fingerprint density at radius 2 is 1.78 bits per heavy atom. The highest BCUT2D eigenvalue weighted by atomic mass is 35.5. The van der Waals surface area contributed by atoms with Crippen molar-refractivity contribution < 1.29 is 32.6 Å². The summed E-state index contributed by atoms with van der Waals surface area (Å²) in [5.74, 6) is -1.77. The van der Waals surface area contributed by atoms with Gasteiger partial charge in [-0.25, -0.2) is 13.4 Å². The molecule has 0 spiro atoms. The number of likely N-dealkylation sites (tertiary alicyclic amines) is 1. The Bertz CT molecular complexity index is 1970. The minimum Gasteiger partial charge on any atom is -0.507 e. The molecule has 2 fully saturated rings. The Labute approximate surface area is 270 Å². The molecule has 2 aromatic carbocycles. The number of hydrogen-bond donors (Lipinski definition) is 2. The average molecular weight is 668 g/mol. The molecule has 0 amide bonds. The number of carbonyl (C=O) groups is 1. The largest absolute Gasteiger partial charge is 0.507 e. The van der Waals surface area contributed by atoms with Gasteiger partial charge in [-0.15, -0.1) is 0 Å². The van der Waals surface area contributed by atoms with Crippen molar-refractivity contribution in [1.82, 2.24) is 9.88 Å². The van der Waals surface area contributed by atoms with Gasteiger partial charge in [0.25, 0.3) is 0 Å². The smallest absolute Gasteiger partial charge is 0.309 e. The first-order chi connectivity index (χ1) is 21.9. The number of likely N-dealkylation sites (N-methyl/N-ethyl adjacent to an activating group) is 1. The molecule has 2 aliphatic heterocycles. The molecular weight excluding hydrogens is 634 g/mol. The lowest BCUT2D eigenvalue weighted by atomic mass is 9.85. The zero-order chi connectivity index (χ0) is 32.7. The van der Waals surface area contributed by atoms with Gasteiger partial charge < -0.3 is 29.2 Å². The number of esters is 1. The lowest BCUT2D eigenvalue weighted by Gasteiger charge is -2.38. The molecule has 6 rings (SSSR count). The lowest BCUT2D eigenvalue weighted by molar-refractivity contribution is -0.158. The average Bonchev–Trinajstić information content (AvgIpc) is 3.01. The molecule has 0 saturated carbocycles. The number of piperidine rings is 2. The molecule has 2 N–H and O–H groups in total. The third-order valence-corrected chi connectivity index (χ3v) is 10.1. The van der Waals surface area contributed by atoms with E-state index in [1.807, 2.05) is 16.8 Å². The Balaban J connectivity index is 1.27. The van der Waals surface area contributed by atoms with Crippen molar-refractivity contribution in [3.63, 3.8) is 0 Å². The fourth-order valence-electron chi connectivity index (χ4n) is 6.41. The number of hydrogen-bond acceptors (Lipinski definition) is 11. The maximum absolute atomic E-state index is 13.6. The van der Waals surface area contributed by atoms with Crippen molar-refractivity contribution in [3.8, 4) is 22.8 Å². The van der Waals surface area contributed by atoms with Crippen LogP contribution in [0, 0.1) is 5.92 Å². The maximum atomic E-state index is 13.6. The van der Waals surface area contributed by atoms with Gasteiger partial charge in [-0.3, -0.25) is 9.59 Å². The number of aromatic hydroxyl groups is 2. The van der Waals surface area contributed by atoms with Gasteiger partial charge in [0.2, 0.25) is 0 Å². The Morgan fingerprint density at radius 1 is 1.04 bits per heavy atom. The van der Waals surface area contributed by atoms with Crippen LogP contribution in [0.4, 0.5) is 5.69 Å². The number of rotatable bonds is 6. The number of phenolic OH excluding ortho intramolecular Hbond substituents is 2. The van der Waals surface area contributed by atoms with E-state index in [0.717, 1.165) is 18.0 Å². The van der Waals surface area contributed by atoms with Gasteiger partial charge in [0, 0.05) is 67.0 Å². The quantitative estimate of drug-likeness (QED) is 0.278. The molecule has 0 unspecified atom stereocenters. The van der Waals surface area contributed by atoms with Gasteiger partial charge in [0.1, 0.15) is 34.3 Å². The normalized spacial score (nSPS) is 19.8. The summed E-state index contributed by atoms with van der Waals surface area (Å²) >= 11 is 6.40. The molecule has 0 aliphatic carbocycles. The van der Waals surface area contributed by atoms with Gasteiger partial charge in [0.15, 0.2) is 20.3 Å². The number of pyridine rings is 1. The molecule has 4 heterocycles. The number of anilines is 1. The predicted molar refractivity (Wildman–Crippen MR) is 173 cm³/mol. The molecule has 2 atom stereocenters. The number of nitrogens with zero attached hydrogens (tertiary/aromatic N) is 3. The highest BCUT2D eigenvalue weighted by Crippen LogP contribution is 2.44. The molecule has 0 bridgehead atoms. The van der Waals surface area contributed by atoms with Crippen molar-refractivity contribution in [2.24, 2.45) is 5.92 Å². The van der Waals surface area contributed by atoms with Crippen molar-refractivity contribution in [1.29, 1.82) is 0 Å². The van der Waals surface area contributed by atoms with E-state index in [9.17, 15) is 28.2 Å². The zero-order valence-electron chi connectivity index (χ0n) is 25.3. The van der Waals surface area contributed by atoms with E-state index >= 15 is 0 Å². The molecule has 4 aromatic rings. The number of fused-ring (bicyclic) bond motifs is 1. The second kappa shape index (κ2) is 12.6. The van der Waals surface area contributed by atoms with Gasteiger partial charge in [-0.1, -0.05) is 23.7 Å². The first-order valence-corrected chi connectivity index (χ1v) is 17.3. The molecule has 0 radical (unpaired) electrons. The van der Waals surface area contributed by atoms with E-state index in [-0.39, 0.29) is 39.4 Å². The first kappa shape index (κ1) is 31.8. The van der Waals surface area contributed by atoms with Crippen LogP contribution in [0.1, 0.15) is 30.7 Å². The number of aromatic nitrogens is 1. The van der Waals surface area contributed by atoms with Crippen LogP contribution >= 0.6 is 11.6 Å². The second-order valence-electron chi connectivity index (χ2n) is 12.0. The summed E-state index contributed by atoms with van der Waals surface area (Å²) in [7, 11) is -1.54. The third-order valence-electron chi connectivity index (χ3n) is 8.83. The number of halogens is 1. The topological polar surface area (TPSA) is 150 Å². The summed E-state index contributed by atoms with van der Waals surface area (Å²) in [6.07, 6.45) is 3.41. The third kappa shape index (κ3) is 6.29. The van der Waals surface area contributed by atoms with Crippen molar-refractivity contribution in [2.45, 2.75) is 36.3 Å². The maximum Gasteiger partial charge on any atom is 0.309 e. The van der Waals surface area contributed by atoms with Crippen LogP contribution in [0.2, 0.25) is 5.02 Å². The fraction of sp³-hybridized carbons (Fsp3) is 0.364. The summed E-state index contributed by atoms with van der Waals surface area (Å²) < 4.78 is 36.3. The van der Waals surface area contributed by atoms with Gasteiger partial charge >= 0.3 is 5.97 Å². The van der Waals surface area contributed by atoms with Crippen LogP contribution in [0.3, 0.4) is 0 Å². The van der Waals surface area contributed by atoms with E-state index in [1.165, 1.54) is 12.3 Å². The van der Waals surface area contributed by atoms with E-state index < -0.39 is 33.0 Å². The molecular formula is C33H34ClN3O8S. The molecule has 2 saturated heterocycles. The summed E-state index contributed by atoms with van der Waals surface area (Å²) in [6, 6.07) is 12.6. The Morgan fingerprint density at radius 3 is 2.50 bits per heavy atom. The minimum atomic E-state index is -3.46. The molecule has 242 valence electrons. The summed E-state index contributed by atoms with van der Waals surface area (Å²) in [4.78, 5) is 34.9. The highest BCUT2D eigenvalue weighted by molar-refractivity contribution is 7.90. The SMILES string of the molecule is CN1CC[C@H](c2c(O)cc(O)c3c(=O)cc(-c4ccccc4Cl)oc23)[C@H](OC(=O)C2CCN(c3ccnc(S(C)(=O)=O)c3)CC2)C1. The van der Waals surface area contributed by atoms with Crippen molar-refractivity contribution >= 4 is 44.1 Å². The van der Waals surface area contributed by atoms with Crippen LogP contribution in [0.15, 0.2) is 69.0 Å². The molecule has 11 nitrogen and oxygen atoms in total. The Kier molecular flexibility index (Phi) is 8.70. The number of carbonyl (C=O) groups excluding carboxylic acids is 1.